The number of benzene rings is 1. The highest BCUT2D eigenvalue weighted by Gasteiger charge is 2.73. The molecule has 3 aliphatic carbocycles. The highest BCUT2D eigenvalue weighted by molar-refractivity contribution is 6.07. The summed E-state index contributed by atoms with van der Waals surface area (Å²) in [7, 11) is 0. The molecule has 2 saturated carbocycles. The van der Waals surface area contributed by atoms with Crippen molar-refractivity contribution in [2.75, 3.05) is 0 Å². The van der Waals surface area contributed by atoms with Crippen molar-refractivity contribution in [3.05, 3.63) is 54.1 Å². The van der Waals surface area contributed by atoms with E-state index >= 15 is 0 Å². The summed E-state index contributed by atoms with van der Waals surface area (Å²) in [6.45, 7) is 0. The zero-order valence-corrected chi connectivity index (χ0v) is 13.2. The normalized spacial score (nSPS) is 35.1. The van der Waals surface area contributed by atoms with E-state index in [-0.39, 0.29) is 40.9 Å². The highest BCUT2D eigenvalue weighted by Crippen LogP contribution is 2.73. The molecule has 0 radical (unpaired) electrons. The standard InChI is InChI=1S/C20H18N2O2/c23-18-16-14-8-9-15(20(14)10-11-20)17(16)19(24)22(18)21-12-4-7-13-5-2-1-3-6-13/h1-9,12,14-17H,10-11H2/b7-4+,21-12-/t14-,15-,16-,17-/m1/s1. The van der Waals surface area contributed by atoms with Crippen LogP contribution in [0.4, 0.5) is 0 Å². The molecule has 4 aliphatic rings. The van der Waals surface area contributed by atoms with Crippen LogP contribution in [0, 0.1) is 29.1 Å². The van der Waals surface area contributed by atoms with Gasteiger partial charge < -0.3 is 0 Å². The Balaban J connectivity index is 1.34. The van der Waals surface area contributed by atoms with Gasteiger partial charge >= 0.3 is 0 Å². The van der Waals surface area contributed by atoms with Gasteiger partial charge in [-0.2, -0.15) is 10.1 Å². The Morgan fingerprint density at radius 2 is 1.62 bits per heavy atom. The fourth-order valence-electron chi connectivity index (χ4n) is 5.00. The second-order valence-electron chi connectivity index (χ2n) is 7.24. The number of fused-ring (bicyclic) bond motifs is 3. The summed E-state index contributed by atoms with van der Waals surface area (Å²) in [5.41, 5.74) is 1.29. The Labute approximate surface area is 140 Å². The Kier molecular flexibility index (Phi) is 2.76. The highest BCUT2D eigenvalue weighted by atomic mass is 16.2. The quantitative estimate of drug-likeness (QED) is 0.489. The summed E-state index contributed by atoms with van der Waals surface area (Å²) in [6.07, 6.45) is 11.9. The van der Waals surface area contributed by atoms with Crippen LogP contribution < -0.4 is 0 Å². The monoisotopic (exact) mass is 318 g/mol. The minimum atomic E-state index is -0.176. The Morgan fingerprint density at radius 3 is 2.21 bits per heavy atom. The molecule has 24 heavy (non-hydrogen) atoms. The molecular formula is C20H18N2O2. The number of hydrazone groups is 1. The summed E-state index contributed by atoms with van der Waals surface area (Å²) in [4.78, 5) is 25.4. The van der Waals surface area contributed by atoms with Crippen LogP contribution >= 0.6 is 0 Å². The van der Waals surface area contributed by atoms with E-state index in [9.17, 15) is 9.59 Å². The number of hydrogen-bond acceptors (Lipinski definition) is 3. The fourth-order valence-corrected chi connectivity index (χ4v) is 5.00. The van der Waals surface area contributed by atoms with Crippen LogP contribution in [-0.2, 0) is 9.59 Å². The van der Waals surface area contributed by atoms with E-state index in [1.807, 2.05) is 36.4 Å². The Hall–Kier alpha value is -2.49. The number of carbonyl (C=O) groups excluding carboxylic acids is 2. The first-order valence-corrected chi connectivity index (χ1v) is 8.54. The molecule has 4 atom stereocenters. The van der Waals surface area contributed by atoms with E-state index in [4.69, 9.17) is 0 Å². The van der Waals surface area contributed by atoms with Crippen molar-refractivity contribution in [1.82, 2.24) is 5.01 Å². The van der Waals surface area contributed by atoms with Gasteiger partial charge in [0.15, 0.2) is 0 Å². The van der Waals surface area contributed by atoms with Crippen molar-refractivity contribution in [3.63, 3.8) is 0 Å². The summed E-state index contributed by atoms with van der Waals surface area (Å²) in [6, 6.07) is 9.85. The summed E-state index contributed by atoms with van der Waals surface area (Å²) >= 11 is 0. The molecule has 1 heterocycles. The lowest BCUT2D eigenvalue weighted by Gasteiger charge is -2.18. The lowest BCUT2D eigenvalue weighted by Crippen LogP contribution is -2.30. The van der Waals surface area contributed by atoms with Gasteiger partial charge in [0.2, 0.25) is 0 Å². The number of carbonyl (C=O) groups is 2. The average Bonchev–Trinajstić information content (AvgIpc) is 3.20. The number of imide groups is 1. The minimum absolute atomic E-state index is 0.113. The van der Waals surface area contributed by atoms with Gasteiger partial charge in [-0.05, 0) is 41.7 Å². The summed E-state index contributed by atoms with van der Waals surface area (Å²) in [5, 5.41) is 5.25. The van der Waals surface area contributed by atoms with Crippen molar-refractivity contribution < 1.29 is 9.59 Å². The SMILES string of the molecule is O=C1[C@H]2[C@H](C(=O)N1/N=C\C=C\c1ccccc1)[C@H]1C=C[C@H]2C12CC2. The molecule has 4 nitrogen and oxygen atoms in total. The maximum atomic E-state index is 12.7. The fraction of sp³-hybridized carbons (Fsp3) is 0.350. The van der Waals surface area contributed by atoms with Crippen LogP contribution in [0.25, 0.3) is 6.08 Å². The van der Waals surface area contributed by atoms with Crippen LogP contribution in [0.5, 0.6) is 0 Å². The second kappa shape index (κ2) is 4.76. The van der Waals surface area contributed by atoms with Crippen LogP contribution in [0.1, 0.15) is 18.4 Å². The van der Waals surface area contributed by atoms with E-state index in [1.54, 1.807) is 6.08 Å². The molecule has 2 bridgehead atoms. The van der Waals surface area contributed by atoms with Crippen LogP contribution in [0.15, 0.2) is 53.7 Å². The molecule has 4 heteroatoms. The van der Waals surface area contributed by atoms with Crippen molar-refractivity contribution >= 4 is 24.1 Å². The maximum absolute atomic E-state index is 12.7. The number of hydrogen-bond donors (Lipinski definition) is 0. The lowest BCUT2D eigenvalue weighted by atomic mass is 9.85. The van der Waals surface area contributed by atoms with Gasteiger partial charge in [-0.1, -0.05) is 48.6 Å². The average molecular weight is 318 g/mol. The smallest absolute Gasteiger partial charge is 0.254 e. The molecule has 2 amide bonds. The summed E-state index contributed by atoms with van der Waals surface area (Å²) in [5.74, 6) is -0.0708. The predicted molar refractivity (Wildman–Crippen MR) is 90.6 cm³/mol. The van der Waals surface area contributed by atoms with Gasteiger partial charge in [-0.25, -0.2) is 0 Å². The van der Waals surface area contributed by atoms with Crippen LogP contribution in [0.2, 0.25) is 0 Å². The molecule has 1 saturated heterocycles. The molecule has 1 aliphatic heterocycles. The van der Waals surface area contributed by atoms with Gasteiger partial charge in [0.05, 0.1) is 11.8 Å². The van der Waals surface area contributed by atoms with Crippen LogP contribution in [0.3, 0.4) is 0 Å². The van der Waals surface area contributed by atoms with Crippen LogP contribution in [-0.4, -0.2) is 23.0 Å². The third kappa shape index (κ3) is 1.71. The van der Waals surface area contributed by atoms with E-state index in [1.165, 1.54) is 6.21 Å². The molecule has 1 spiro atoms. The Morgan fingerprint density at radius 1 is 1.00 bits per heavy atom. The van der Waals surface area contributed by atoms with Crippen molar-refractivity contribution in [2.45, 2.75) is 12.8 Å². The maximum Gasteiger partial charge on any atom is 0.254 e. The van der Waals surface area contributed by atoms with Crippen molar-refractivity contribution in [2.24, 2.45) is 34.2 Å². The third-order valence-electron chi connectivity index (χ3n) is 6.19. The van der Waals surface area contributed by atoms with Crippen molar-refractivity contribution in [3.8, 4) is 0 Å². The second-order valence-corrected chi connectivity index (χ2v) is 7.24. The van der Waals surface area contributed by atoms with Gasteiger partial charge in [0.1, 0.15) is 0 Å². The first kappa shape index (κ1) is 13.9. The number of allylic oxidation sites excluding steroid dienone is 3. The minimum Gasteiger partial charge on any atom is -0.272 e. The molecule has 3 fully saturated rings. The van der Waals surface area contributed by atoms with E-state index in [2.05, 4.69) is 17.3 Å². The van der Waals surface area contributed by atoms with E-state index in [0.717, 1.165) is 23.4 Å². The van der Waals surface area contributed by atoms with Crippen molar-refractivity contribution in [1.29, 1.82) is 0 Å². The Bertz CT molecular complexity index is 770. The first-order valence-electron chi connectivity index (χ1n) is 8.54. The molecular weight excluding hydrogens is 300 g/mol. The zero-order valence-electron chi connectivity index (χ0n) is 13.2. The lowest BCUT2D eigenvalue weighted by molar-refractivity contribution is -0.141. The molecule has 0 unspecified atom stereocenters. The number of nitrogens with zero attached hydrogens (tertiary/aromatic N) is 2. The molecule has 1 aromatic carbocycles. The number of rotatable bonds is 3. The molecule has 0 N–H and O–H groups in total. The van der Waals surface area contributed by atoms with Gasteiger partial charge in [-0.3, -0.25) is 9.59 Å². The molecule has 0 aromatic heterocycles. The van der Waals surface area contributed by atoms with E-state index in [0.29, 0.717) is 0 Å². The van der Waals surface area contributed by atoms with Gasteiger partial charge in [0.25, 0.3) is 11.8 Å². The zero-order chi connectivity index (χ0) is 16.3. The largest absolute Gasteiger partial charge is 0.272 e. The topological polar surface area (TPSA) is 49.7 Å². The van der Waals surface area contributed by atoms with Gasteiger partial charge in [0, 0.05) is 6.21 Å². The first-order chi connectivity index (χ1) is 11.7. The molecule has 1 aromatic rings. The molecule has 120 valence electrons. The number of amides is 2. The molecule has 5 rings (SSSR count). The summed E-state index contributed by atoms with van der Waals surface area (Å²) < 4.78 is 0. The van der Waals surface area contributed by atoms with Gasteiger partial charge in [-0.15, -0.1) is 0 Å². The van der Waals surface area contributed by atoms with E-state index < -0.39 is 0 Å². The predicted octanol–water partition coefficient (Wildman–Crippen LogP) is 2.88. The third-order valence-corrected chi connectivity index (χ3v) is 6.19.